The van der Waals surface area contributed by atoms with Crippen LogP contribution in [-0.4, -0.2) is 11.7 Å². The summed E-state index contributed by atoms with van der Waals surface area (Å²) >= 11 is 6.69. The normalized spacial score (nSPS) is 15.3. The third-order valence-electron chi connectivity index (χ3n) is 2.94. The number of aliphatic hydroxyl groups excluding tert-OH is 1. The zero-order valence-corrected chi connectivity index (χ0v) is 12.5. The van der Waals surface area contributed by atoms with Crippen LogP contribution in [0.1, 0.15) is 23.0 Å². The smallest absolute Gasteiger partial charge is 0.169 e. The van der Waals surface area contributed by atoms with E-state index in [0.717, 1.165) is 27.8 Å². The van der Waals surface area contributed by atoms with Gasteiger partial charge in [-0.1, -0.05) is 15.9 Å². The molecule has 2 heterocycles. The molecule has 1 aromatic carbocycles. The summed E-state index contributed by atoms with van der Waals surface area (Å²) in [5.74, 6) is 1.27. The average molecular weight is 374 g/mol. The lowest BCUT2D eigenvalue weighted by Crippen LogP contribution is -2.01. The molecule has 94 valence electrons. The minimum atomic E-state index is -0.819. The van der Waals surface area contributed by atoms with Crippen LogP contribution in [0.5, 0.6) is 5.75 Å². The lowest BCUT2D eigenvalue weighted by molar-refractivity contribution is 0.182. The monoisotopic (exact) mass is 372 g/mol. The van der Waals surface area contributed by atoms with Gasteiger partial charge in [-0.3, -0.25) is 0 Å². The van der Waals surface area contributed by atoms with Crippen LogP contribution in [0.25, 0.3) is 0 Å². The van der Waals surface area contributed by atoms with E-state index in [2.05, 4.69) is 31.9 Å². The zero-order valence-electron chi connectivity index (χ0n) is 9.32. The average Bonchev–Trinajstić information content (AvgIpc) is 2.95. The Balaban J connectivity index is 2.06. The van der Waals surface area contributed by atoms with Crippen molar-refractivity contribution in [2.24, 2.45) is 0 Å². The molecule has 1 aliphatic heterocycles. The first-order valence-corrected chi connectivity index (χ1v) is 7.12. The maximum Gasteiger partial charge on any atom is 0.169 e. The molecule has 0 fully saturated rings. The lowest BCUT2D eigenvalue weighted by atomic mass is 10.0. The number of rotatable bonds is 2. The standard InChI is InChI=1S/C13H10Br2O3/c14-8-5-7-3-4-17-13(7)9(6-8)12(16)10-1-2-11(15)18-10/h1-2,5-6,12,16H,3-4H2. The molecule has 0 saturated heterocycles. The molecule has 3 rings (SSSR count). The van der Waals surface area contributed by atoms with Crippen LogP contribution in [-0.2, 0) is 6.42 Å². The third-order valence-corrected chi connectivity index (χ3v) is 3.82. The van der Waals surface area contributed by atoms with Gasteiger partial charge in [0.15, 0.2) is 4.67 Å². The number of halogens is 2. The Morgan fingerprint density at radius 1 is 1.22 bits per heavy atom. The van der Waals surface area contributed by atoms with Crippen LogP contribution in [0, 0.1) is 0 Å². The number of aliphatic hydroxyl groups is 1. The number of fused-ring (bicyclic) bond motifs is 1. The molecular weight excluding hydrogens is 364 g/mol. The minimum Gasteiger partial charge on any atom is -0.493 e. The van der Waals surface area contributed by atoms with Gasteiger partial charge >= 0.3 is 0 Å². The molecule has 2 aromatic rings. The highest BCUT2D eigenvalue weighted by atomic mass is 79.9. The molecule has 1 N–H and O–H groups in total. The van der Waals surface area contributed by atoms with Gasteiger partial charge in [0.25, 0.3) is 0 Å². The summed E-state index contributed by atoms with van der Waals surface area (Å²) in [6.45, 7) is 0.660. The summed E-state index contributed by atoms with van der Waals surface area (Å²) < 4.78 is 12.5. The Labute approximate surface area is 121 Å². The number of benzene rings is 1. The van der Waals surface area contributed by atoms with E-state index in [1.165, 1.54) is 0 Å². The highest BCUT2D eigenvalue weighted by molar-refractivity contribution is 9.10. The van der Waals surface area contributed by atoms with E-state index in [9.17, 15) is 5.11 Å². The lowest BCUT2D eigenvalue weighted by Gasteiger charge is -2.13. The maximum atomic E-state index is 10.4. The molecule has 0 amide bonds. The van der Waals surface area contributed by atoms with Crippen LogP contribution in [0.15, 0.2) is 37.8 Å². The van der Waals surface area contributed by atoms with E-state index >= 15 is 0 Å². The SMILES string of the molecule is OC(c1ccc(Br)o1)c1cc(Br)cc2c1OCC2. The molecule has 1 atom stereocenters. The summed E-state index contributed by atoms with van der Waals surface area (Å²) in [4.78, 5) is 0. The second-order valence-electron chi connectivity index (χ2n) is 4.13. The molecule has 1 aromatic heterocycles. The fourth-order valence-corrected chi connectivity index (χ4v) is 2.97. The van der Waals surface area contributed by atoms with E-state index in [1.807, 2.05) is 12.1 Å². The van der Waals surface area contributed by atoms with Crippen molar-refractivity contribution in [1.29, 1.82) is 0 Å². The van der Waals surface area contributed by atoms with Gasteiger partial charge in [0.05, 0.1) is 6.61 Å². The largest absolute Gasteiger partial charge is 0.493 e. The zero-order chi connectivity index (χ0) is 12.7. The Hall–Kier alpha value is -0.780. The first-order chi connectivity index (χ1) is 8.65. The Bertz CT molecular complexity index is 592. The maximum absolute atomic E-state index is 10.4. The van der Waals surface area contributed by atoms with Gasteiger partial charge in [-0.15, -0.1) is 0 Å². The molecule has 1 aliphatic rings. The summed E-state index contributed by atoms with van der Waals surface area (Å²) in [6.07, 6.45) is 0.0525. The topological polar surface area (TPSA) is 42.6 Å². The number of hydrogen-bond acceptors (Lipinski definition) is 3. The molecule has 1 unspecified atom stereocenters. The van der Waals surface area contributed by atoms with Crippen molar-refractivity contribution >= 4 is 31.9 Å². The van der Waals surface area contributed by atoms with Crippen LogP contribution < -0.4 is 4.74 Å². The highest BCUT2D eigenvalue weighted by Gasteiger charge is 2.24. The third kappa shape index (κ3) is 2.11. The number of furan rings is 1. The van der Waals surface area contributed by atoms with E-state index in [0.29, 0.717) is 17.0 Å². The van der Waals surface area contributed by atoms with Crippen LogP contribution in [0.4, 0.5) is 0 Å². The Morgan fingerprint density at radius 2 is 2.06 bits per heavy atom. The van der Waals surface area contributed by atoms with E-state index in [4.69, 9.17) is 9.15 Å². The minimum absolute atomic E-state index is 0.498. The molecule has 0 saturated carbocycles. The fraction of sp³-hybridized carbons (Fsp3) is 0.231. The summed E-state index contributed by atoms with van der Waals surface area (Å²) in [5, 5.41) is 10.4. The van der Waals surface area contributed by atoms with Gasteiger partial charge in [-0.05, 0) is 45.8 Å². The van der Waals surface area contributed by atoms with Gasteiger partial charge in [0, 0.05) is 16.5 Å². The summed E-state index contributed by atoms with van der Waals surface area (Å²) in [5.41, 5.74) is 1.85. The van der Waals surface area contributed by atoms with Crippen LogP contribution in [0.3, 0.4) is 0 Å². The molecule has 0 bridgehead atoms. The van der Waals surface area contributed by atoms with E-state index in [-0.39, 0.29) is 0 Å². The molecule has 5 heteroatoms. The molecule has 0 aliphatic carbocycles. The van der Waals surface area contributed by atoms with Crippen molar-refractivity contribution in [3.8, 4) is 5.75 Å². The second kappa shape index (κ2) is 4.72. The Morgan fingerprint density at radius 3 is 2.78 bits per heavy atom. The van der Waals surface area contributed by atoms with Crippen molar-refractivity contribution in [2.75, 3.05) is 6.61 Å². The second-order valence-corrected chi connectivity index (χ2v) is 5.82. The molecule has 0 radical (unpaired) electrons. The quantitative estimate of drug-likeness (QED) is 0.870. The summed E-state index contributed by atoms with van der Waals surface area (Å²) in [7, 11) is 0. The van der Waals surface area contributed by atoms with Gasteiger partial charge in [-0.2, -0.15) is 0 Å². The van der Waals surface area contributed by atoms with Crippen molar-refractivity contribution in [3.05, 3.63) is 50.3 Å². The fourth-order valence-electron chi connectivity index (χ4n) is 2.13. The predicted molar refractivity (Wildman–Crippen MR) is 73.8 cm³/mol. The van der Waals surface area contributed by atoms with E-state index in [1.54, 1.807) is 12.1 Å². The van der Waals surface area contributed by atoms with E-state index < -0.39 is 6.10 Å². The summed E-state index contributed by atoms with van der Waals surface area (Å²) in [6, 6.07) is 7.40. The molecule has 3 nitrogen and oxygen atoms in total. The molecule has 0 spiro atoms. The Kier molecular flexibility index (Phi) is 3.21. The van der Waals surface area contributed by atoms with Crippen LogP contribution >= 0.6 is 31.9 Å². The van der Waals surface area contributed by atoms with Gasteiger partial charge in [0.2, 0.25) is 0 Å². The first kappa shape index (κ1) is 12.3. The van der Waals surface area contributed by atoms with Crippen molar-refractivity contribution in [1.82, 2.24) is 0 Å². The predicted octanol–water partition coefficient (Wildman–Crippen LogP) is 3.82. The van der Waals surface area contributed by atoms with Gasteiger partial charge in [0.1, 0.15) is 17.6 Å². The van der Waals surface area contributed by atoms with Crippen molar-refractivity contribution in [3.63, 3.8) is 0 Å². The number of hydrogen-bond donors (Lipinski definition) is 1. The molecular formula is C13H10Br2O3. The van der Waals surface area contributed by atoms with Gasteiger partial charge < -0.3 is 14.3 Å². The van der Waals surface area contributed by atoms with Crippen molar-refractivity contribution in [2.45, 2.75) is 12.5 Å². The molecule has 18 heavy (non-hydrogen) atoms. The highest BCUT2D eigenvalue weighted by Crippen LogP contribution is 2.39. The van der Waals surface area contributed by atoms with Gasteiger partial charge in [-0.25, -0.2) is 0 Å². The van der Waals surface area contributed by atoms with Crippen LogP contribution in [0.2, 0.25) is 0 Å². The number of ether oxygens (including phenoxy) is 1. The first-order valence-electron chi connectivity index (χ1n) is 5.53. The van der Waals surface area contributed by atoms with Crippen molar-refractivity contribution < 1.29 is 14.3 Å².